The number of rotatable bonds is 8. The lowest BCUT2D eigenvalue weighted by Crippen LogP contribution is -2.30. The van der Waals surface area contributed by atoms with Gasteiger partial charge >= 0.3 is 12.3 Å². The van der Waals surface area contributed by atoms with Crippen LogP contribution >= 0.6 is 0 Å². The summed E-state index contributed by atoms with van der Waals surface area (Å²) in [7, 11) is 2.98. The molecule has 0 aliphatic heterocycles. The fourth-order valence-corrected chi connectivity index (χ4v) is 5.96. The van der Waals surface area contributed by atoms with Crippen molar-refractivity contribution in [2.45, 2.75) is 71.7 Å². The summed E-state index contributed by atoms with van der Waals surface area (Å²) in [4.78, 5) is 16.8. The summed E-state index contributed by atoms with van der Waals surface area (Å²) in [6.45, 7) is 6.86. The first-order valence-corrected chi connectivity index (χ1v) is 12.9. The highest BCUT2D eigenvalue weighted by atomic mass is 19.4. The van der Waals surface area contributed by atoms with Crippen LogP contribution in [0.15, 0.2) is 36.4 Å². The highest BCUT2D eigenvalue weighted by Crippen LogP contribution is 2.46. The maximum Gasteiger partial charge on any atom is 0.573 e. The van der Waals surface area contributed by atoms with Gasteiger partial charge in [0.05, 0.1) is 25.3 Å². The molecule has 2 aromatic carbocycles. The van der Waals surface area contributed by atoms with E-state index in [1.165, 1.54) is 19.2 Å². The Labute approximate surface area is 221 Å². The number of aryl methyl sites for hydroxylation is 1. The number of hydrogen-bond acceptors (Lipinski definition) is 5. The zero-order chi connectivity index (χ0) is 27.7. The van der Waals surface area contributed by atoms with E-state index in [-0.39, 0.29) is 29.6 Å². The van der Waals surface area contributed by atoms with E-state index in [1.54, 1.807) is 19.2 Å². The molecule has 4 rings (SSSR count). The van der Waals surface area contributed by atoms with E-state index < -0.39 is 6.36 Å². The van der Waals surface area contributed by atoms with Crippen molar-refractivity contribution < 1.29 is 32.2 Å². The fraction of sp³-hybridized carbons (Fsp3) is 0.517. The van der Waals surface area contributed by atoms with Crippen LogP contribution in [-0.2, 0) is 22.4 Å². The molecular weight excluding hydrogens is 497 g/mol. The third kappa shape index (κ3) is 6.60. The van der Waals surface area contributed by atoms with Crippen LogP contribution in [0.3, 0.4) is 0 Å². The lowest BCUT2D eigenvalue weighted by atomic mass is 9.70. The quantitative estimate of drug-likeness (QED) is 0.292. The van der Waals surface area contributed by atoms with Crippen molar-refractivity contribution in [2.24, 2.45) is 11.3 Å². The normalized spacial score (nSPS) is 19.4. The molecule has 6 nitrogen and oxygen atoms in total. The second kappa shape index (κ2) is 10.9. The van der Waals surface area contributed by atoms with Crippen LogP contribution in [0.5, 0.6) is 11.5 Å². The largest absolute Gasteiger partial charge is 0.573 e. The summed E-state index contributed by atoms with van der Waals surface area (Å²) in [6, 6.07) is 10.1. The van der Waals surface area contributed by atoms with Gasteiger partial charge in [0, 0.05) is 24.9 Å². The Morgan fingerprint density at radius 2 is 1.84 bits per heavy atom. The maximum absolute atomic E-state index is 12.6. The standard InChI is InChI=1S/C29H35F3N2O4/c1-18-12-21(17-28(2,3)16-18)34-24-15-25(36-4)20(8-11-27(35)37-5)14-23(24)33-26(34)13-19-6-9-22(10-7-19)38-29(30,31)32/h6-7,9-10,14-15,18,21H,8,11-13,16-17H2,1-5H3. The molecule has 206 valence electrons. The minimum Gasteiger partial charge on any atom is -0.496 e. The van der Waals surface area contributed by atoms with Gasteiger partial charge in [0.15, 0.2) is 0 Å². The number of aromatic nitrogens is 2. The first kappa shape index (κ1) is 27.8. The Bertz CT molecular complexity index is 1280. The maximum atomic E-state index is 12.6. The molecule has 1 fully saturated rings. The average molecular weight is 533 g/mol. The number of carbonyl (C=O) groups excluding carboxylic acids is 1. The molecule has 1 saturated carbocycles. The number of carbonyl (C=O) groups is 1. The molecule has 1 aliphatic carbocycles. The number of alkyl halides is 3. The SMILES string of the molecule is COC(=O)CCc1cc2nc(Cc3ccc(OC(F)(F)F)cc3)n(C3CC(C)CC(C)(C)C3)c2cc1OC. The van der Waals surface area contributed by atoms with Crippen LogP contribution in [0.1, 0.15) is 69.4 Å². The molecule has 0 N–H and O–H groups in total. The minimum atomic E-state index is -4.73. The molecule has 0 radical (unpaired) electrons. The van der Waals surface area contributed by atoms with Gasteiger partial charge in [0.1, 0.15) is 17.3 Å². The van der Waals surface area contributed by atoms with Crippen molar-refractivity contribution in [3.8, 4) is 11.5 Å². The minimum absolute atomic E-state index is 0.164. The van der Waals surface area contributed by atoms with E-state index in [9.17, 15) is 18.0 Å². The number of methoxy groups -OCH3 is 2. The van der Waals surface area contributed by atoms with Crippen LogP contribution in [0.2, 0.25) is 0 Å². The summed E-state index contributed by atoms with van der Waals surface area (Å²) in [5, 5.41) is 0. The van der Waals surface area contributed by atoms with Crippen molar-refractivity contribution in [2.75, 3.05) is 14.2 Å². The molecule has 2 atom stereocenters. The summed E-state index contributed by atoms with van der Waals surface area (Å²) >= 11 is 0. The van der Waals surface area contributed by atoms with Gasteiger partial charge in [-0.3, -0.25) is 4.79 Å². The Balaban J connectivity index is 1.76. The topological polar surface area (TPSA) is 62.6 Å². The number of esters is 1. The molecule has 1 aromatic heterocycles. The number of nitrogens with zero attached hydrogens (tertiary/aromatic N) is 2. The third-order valence-corrected chi connectivity index (χ3v) is 7.24. The summed E-state index contributed by atoms with van der Waals surface area (Å²) in [5.41, 5.74) is 3.61. The highest BCUT2D eigenvalue weighted by molar-refractivity contribution is 5.80. The highest BCUT2D eigenvalue weighted by Gasteiger charge is 2.35. The smallest absolute Gasteiger partial charge is 0.496 e. The van der Waals surface area contributed by atoms with Gasteiger partial charge in [0.2, 0.25) is 0 Å². The molecule has 2 unspecified atom stereocenters. The first-order chi connectivity index (χ1) is 17.9. The molecule has 1 aliphatic rings. The monoisotopic (exact) mass is 532 g/mol. The first-order valence-electron chi connectivity index (χ1n) is 12.9. The zero-order valence-electron chi connectivity index (χ0n) is 22.5. The molecule has 0 amide bonds. The van der Waals surface area contributed by atoms with Gasteiger partial charge in [-0.15, -0.1) is 13.2 Å². The van der Waals surface area contributed by atoms with E-state index in [0.717, 1.165) is 47.2 Å². The average Bonchev–Trinajstić information content (AvgIpc) is 3.17. The van der Waals surface area contributed by atoms with Gasteiger partial charge in [-0.2, -0.15) is 0 Å². The molecule has 0 spiro atoms. The second-order valence-corrected chi connectivity index (χ2v) is 11.1. The number of hydrogen-bond donors (Lipinski definition) is 0. The second-order valence-electron chi connectivity index (χ2n) is 11.1. The van der Waals surface area contributed by atoms with Crippen LogP contribution in [0.4, 0.5) is 13.2 Å². The van der Waals surface area contributed by atoms with Gasteiger partial charge in [-0.25, -0.2) is 4.98 Å². The molecule has 9 heteroatoms. The predicted octanol–water partition coefficient (Wildman–Crippen LogP) is 7.03. The van der Waals surface area contributed by atoms with E-state index in [2.05, 4.69) is 30.1 Å². The van der Waals surface area contributed by atoms with E-state index in [4.69, 9.17) is 14.5 Å². The summed E-state index contributed by atoms with van der Waals surface area (Å²) < 4.78 is 54.6. The molecule has 0 saturated heterocycles. The predicted molar refractivity (Wildman–Crippen MR) is 138 cm³/mol. The summed E-state index contributed by atoms with van der Waals surface area (Å²) in [6.07, 6.45) is -0.453. The lowest BCUT2D eigenvalue weighted by molar-refractivity contribution is -0.274. The Kier molecular flexibility index (Phi) is 7.95. The lowest BCUT2D eigenvalue weighted by Gasteiger charge is -2.40. The molecule has 0 bridgehead atoms. The van der Waals surface area contributed by atoms with Crippen molar-refractivity contribution in [3.63, 3.8) is 0 Å². The Morgan fingerprint density at radius 3 is 2.45 bits per heavy atom. The molecule has 1 heterocycles. The summed E-state index contributed by atoms with van der Waals surface area (Å²) in [5.74, 6) is 1.51. The van der Waals surface area contributed by atoms with Crippen LogP contribution in [0, 0.1) is 11.3 Å². The van der Waals surface area contributed by atoms with Gasteiger partial charge in [-0.1, -0.05) is 32.9 Å². The van der Waals surface area contributed by atoms with Gasteiger partial charge in [0.25, 0.3) is 0 Å². The molecule has 3 aromatic rings. The molecular formula is C29H35F3N2O4. The number of imidazole rings is 1. The third-order valence-electron chi connectivity index (χ3n) is 7.24. The number of halogens is 3. The zero-order valence-corrected chi connectivity index (χ0v) is 22.5. The van der Waals surface area contributed by atoms with Crippen molar-refractivity contribution in [1.82, 2.24) is 9.55 Å². The van der Waals surface area contributed by atoms with E-state index in [1.807, 2.05) is 12.1 Å². The van der Waals surface area contributed by atoms with Crippen LogP contribution < -0.4 is 9.47 Å². The number of benzene rings is 2. The van der Waals surface area contributed by atoms with Crippen molar-refractivity contribution >= 4 is 17.0 Å². The van der Waals surface area contributed by atoms with Crippen molar-refractivity contribution in [1.29, 1.82) is 0 Å². The number of fused-ring (bicyclic) bond motifs is 1. The molecule has 38 heavy (non-hydrogen) atoms. The number of ether oxygens (including phenoxy) is 3. The fourth-order valence-electron chi connectivity index (χ4n) is 5.96. The van der Waals surface area contributed by atoms with Gasteiger partial charge < -0.3 is 18.8 Å². The van der Waals surface area contributed by atoms with E-state index in [0.29, 0.717) is 24.5 Å². The van der Waals surface area contributed by atoms with E-state index >= 15 is 0 Å². The van der Waals surface area contributed by atoms with Crippen LogP contribution in [0.25, 0.3) is 11.0 Å². The van der Waals surface area contributed by atoms with Crippen LogP contribution in [-0.4, -0.2) is 36.1 Å². The Morgan fingerprint density at radius 1 is 1.13 bits per heavy atom. The van der Waals surface area contributed by atoms with Crippen molar-refractivity contribution in [3.05, 3.63) is 53.3 Å². The Hall–Kier alpha value is -3.23. The van der Waals surface area contributed by atoms with Gasteiger partial charge in [-0.05, 0) is 66.3 Å².